The number of hydrogen-bond acceptors (Lipinski definition) is 6. The average Bonchev–Trinajstić information content (AvgIpc) is 2.43. The highest BCUT2D eigenvalue weighted by molar-refractivity contribution is 7.58. The van der Waals surface area contributed by atoms with Gasteiger partial charge in [0.25, 0.3) is 0 Å². The lowest BCUT2D eigenvalue weighted by atomic mass is 9.97. The Morgan fingerprint density at radius 3 is 2.33 bits per heavy atom. The highest BCUT2D eigenvalue weighted by Crippen LogP contribution is 2.46. The van der Waals surface area contributed by atoms with Gasteiger partial charge < -0.3 is 24.8 Å². The summed E-state index contributed by atoms with van der Waals surface area (Å²) in [7, 11) is -3.63. The van der Waals surface area contributed by atoms with Crippen molar-refractivity contribution in [1.29, 1.82) is 0 Å². The molecule has 0 fully saturated rings. The Morgan fingerprint density at radius 1 is 1.25 bits per heavy atom. The molecule has 0 rings (SSSR count). The molecule has 3 atom stereocenters. The van der Waals surface area contributed by atoms with Crippen LogP contribution in [0, 0.1) is 5.41 Å². The van der Waals surface area contributed by atoms with Crippen LogP contribution >= 0.6 is 7.37 Å². The van der Waals surface area contributed by atoms with E-state index in [1.165, 1.54) is 6.92 Å². The first-order valence-corrected chi connectivity index (χ1v) is 9.96. The monoisotopic (exact) mass is 367 g/mol. The van der Waals surface area contributed by atoms with Crippen LogP contribution in [0.25, 0.3) is 0 Å². The number of hydrogen-bond donors (Lipinski definition) is 3. The molecule has 9 heteroatoms. The highest BCUT2D eigenvalue weighted by atomic mass is 31.2. The number of alkyl carbamates (subject to hydrolysis) is 1. The summed E-state index contributed by atoms with van der Waals surface area (Å²) in [6.07, 6.45) is -0.602. The first-order chi connectivity index (χ1) is 10.9. The minimum atomic E-state index is -3.63. The largest absolute Gasteiger partial charge is 0.425 e. The summed E-state index contributed by atoms with van der Waals surface area (Å²) in [6, 6.07) is 0. The van der Waals surface area contributed by atoms with Crippen LogP contribution in [0.15, 0.2) is 0 Å². The number of esters is 1. The molecule has 0 saturated heterocycles. The number of carbonyl (C=O) groups is 2. The van der Waals surface area contributed by atoms with Crippen LogP contribution in [0.3, 0.4) is 0 Å². The highest BCUT2D eigenvalue weighted by Gasteiger charge is 2.28. The van der Waals surface area contributed by atoms with E-state index in [-0.39, 0.29) is 19.1 Å². The molecule has 24 heavy (non-hydrogen) atoms. The van der Waals surface area contributed by atoms with Crippen LogP contribution in [0.2, 0.25) is 0 Å². The molecule has 1 unspecified atom stereocenters. The Kier molecular flexibility index (Phi) is 9.55. The van der Waals surface area contributed by atoms with E-state index in [4.69, 9.17) is 9.47 Å². The second kappa shape index (κ2) is 10.0. The predicted octanol–water partition coefficient (Wildman–Crippen LogP) is 2.43. The van der Waals surface area contributed by atoms with Crippen molar-refractivity contribution in [1.82, 2.24) is 5.32 Å². The fourth-order valence-corrected chi connectivity index (χ4v) is 3.18. The Balaban J connectivity index is 4.14. The van der Waals surface area contributed by atoms with E-state index in [0.29, 0.717) is 6.42 Å². The molecule has 3 N–H and O–H groups in total. The summed E-state index contributed by atoms with van der Waals surface area (Å²) in [5, 5.41) is 12.1. The first-order valence-electron chi connectivity index (χ1n) is 8.05. The summed E-state index contributed by atoms with van der Waals surface area (Å²) in [5.74, 6) is -1.89. The SMILES string of the molecule is CCCCP(=O)(O)[C@@H](O)CCNC(=O)O[C@H](C)OC(=O)C(C)(C)C. The lowest BCUT2D eigenvalue weighted by Crippen LogP contribution is -2.34. The van der Waals surface area contributed by atoms with Crippen molar-refractivity contribution in [3.8, 4) is 0 Å². The van der Waals surface area contributed by atoms with Crippen molar-refractivity contribution in [2.24, 2.45) is 5.41 Å². The van der Waals surface area contributed by atoms with Gasteiger partial charge in [-0.05, 0) is 27.2 Å². The zero-order chi connectivity index (χ0) is 19.0. The van der Waals surface area contributed by atoms with Crippen molar-refractivity contribution >= 4 is 19.4 Å². The van der Waals surface area contributed by atoms with Gasteiger partial charge in [0.05, 0.1) is 5.41 Å². The van der Waals surface area contributed by atoms with Crippen molar-refractivity contribution in [2.45, 2.75) is 66.0 Å². The number of rotatable bonds is 9. The molecule has 0 bridgehead atoms. The maximum Gasteiger partial charge on any atom is 0.410 e. The number of aliphatic hydroxyl groups excluding tert-OH is 1. The second-order valence-electron chi connectivity index (χ2n) is 6.66. The standard InChI is InChI=1S/C15H30NO7P/c1-6-7-10-24(20,21)12(17)8-9-16-14(19)23-11(2)22-13(18)15(3,4)5/h11-12,17H,6-10H2,1-5H3,(H,16,19)(H,20,21)/t11-,12-/m1/s1. The number of aliphatic hydroxyl groups is 1. The number of carbonyl (C=O) groups excluding carboxylic acids is 2. The number of ether oxygens (including phenoxy) is 2. The molecule has 0 aromatic heterocycles. The molecule has 0 spiro atoms. The lowest BCUT2D eigenvalue weighted by Gasteiger charge is -2.21. The van der Waals surface area contributed by atoms with Crippen LogP contribution in [0.4, 0.5) is 4.79 Å². The summed E-state index contributed by atoms with van der Waals surface area (Å²) >= 11 is 0. The minimum Gasteiger partial charge on any atom is -0.425 e. The van der Waals surface area contributed by atoms with E-state index in [1.54, 1.807) is 20.8 Å². The van der Waals surface area contributed by atoms with E-state index in [0.717, 1.165) is 6.42 Å². The van der Waals surface area contributed by atoms with Gasteiger partial charge >= 0.3 is 12.1 Å². The molecule has 0 heterocycles. The van der Waals surface area contributed by atoms with Gasteiger partial charge in [0.1, 0.15) is 5.85 Å². The molecule has 0 aliphatic rings. The molecule has 0 aromatic carbocycles. The molecule has 0 aliphatic carbocycles. The van der Waals surface area contributed by atoms with E-state index < -0.39 is 37.0 Å². The van der Waals surface area contributed by atoms with Gasteiger partial charge in [-0.3, -0.25) is 9.36 Å². The lowest BCUT2D eigenvalue weighted by molar-refractivity contribution is -0.174. The van der Waals surface area contributed by atoms with Crippen LogP contribution in [0.5, 0.6) is 0 Å². The topological polar surface area (TPSA) is 122 Å². The van der Waals surface area contributed by atoms with Crippen LogP contribution < -0.4 is 5.32 Å². The zero-order valence-corrected chi connectivity index (χ0v) is 16.0. The Labute approximate surface area is 143 Å². The van der Waals surface area contributed by atoms with Crippen LogP contribution in [-0.4, -0.2) is 46.9 Å². The smallest absolute Gasteiger partial charge is 0.410 e. The maximum atomic E-state index is 11.8. The van der Waals surface area contributed by atoms with E-state index in [9.17, 15) is 24.2 Å². The summed E-state index contributed by atoms with van der Waals surface area (Å²) < 4.78 is 21.6. The van der Waals surface area contributed by atoms with E-state index in [2.05, 4.69) is 5.32 Å². The fraction of sp³-hybridized carbons (Fsp3) is 0.867. The fourth-order valence-electron chi connectivity index (χ4n) is 1.58. The van der Waals surface area contributed by atoms with Gasteiger partial charge in [0.15, 0.2) is 0 Å². The molecule has 1 amide bonds. The third-order valence-corrected chi connectivity index (χ3v) is 5.27. The molecule has 8 nitrogen and oxygen atoms in total. The molecule has 0 aromatic rings. The molecule has 0 aliphatic heterocycles. The zero-order valence-electron chi connectivity index (χ0n) is 15.1. The first kappa shape index (κ1) is 22.9. The third kappa shape index (κ3) is 9.25. The second-order valence-corrected chi connectivity index (χ2v) is 9.21. The van der Waals surface area contributed by atoms with Crippen LogP contribution in [-0.2, 0) is 18.8 Å². The summed E-state index contributed by atoms with van der Waals surface area (Å²) in [6.45, 7) is 8.29. The van der Waals surface area contributed by atoms with Gasteiger partial charge in [-0.1, -0.05) is 13.3 Å². The van der Waals surface area contributed by atoms with Gasteiger partial charge in [0, 0.05) is 26.1 Å². The molecule has 0 saturated carbocycles. The number of amides is 1. The molecular weight excluding hydrogens is 337 g/mol. The van der Waals surface area contributed by atoms with Crippen molar-refractivity contribution in [3.63, 3.8) is 0 Å². The summed E-state index contributed by atoms with van der Waals surface area (Å²) in [4.78, 5) is 32.9. The van der Waals surface area contributed by atoms with E-state index >= 15 is 0 Å². The summed E-state index contributed by atoms with van der Waals surface area (Å²) in [5.41, 5.74) is -0.709. The number of unbranched alkanes of at least 4 members (excludes halogenated alkanes) is 1. The normalized spacial score (nSPS) is 16.6. The average molecular weight is 367 g/mol. The van der Waals surface area contributed by atoms with Crippen molar-refractivity contribution < 1.29 is 33.6 Å². The van der Waals surface area contributed by atoms with Crippen molar-refractivity contribution in [2.75, 3.05) is 12.7 Å². The Hall–Kier alpha value is -1.11. The van der Waals surface area contributed by atoms with Gasteiger partial charge in [-0.15, -0.1) is 0 Å². The maximum absolute atomic E-state index is 11.8. The third-order valence-electron chi connectivity index (χ3n) is 3.13. The molecular formula is C15H30NO7P. The predicted molar refractivity (Wildman–Crippen MR) is 89.7 cm³/mol. The van der Waals surface area contributed by atoms with Gasteiger partial charge in [-0.25, -0.2) is 4.79 Å². The molecule has 0 radical (unpaired) electrons. The number of nitrogens with one attached hydrogen (secondary N) is 1. The van der Waals surface area contributed by atoms with Gasteiger partial charge in [0.2, 0.25) is 13.7 Å². The Bertz CT molecular complexity index is 461. The Morgan fingerprint density at radius 2 is 1.83 bits per heavy atom. The van der Waals surface area contributed by atoms with Crippen molar-refractivity contribution in [3.05, 3.63) is 0 Å². The van der Waals surface area contributed by atoms with E-state index in [1.807, 2.05) is 6.92 Å². The quantitative estimate of drug-likeness (QED) is 0.325. The molecule has 142 valence electrons. The minimum absolute atomic E-state index is 0.0311. The van der Waals surface area contributed by atoms with Gasteiger partial charge in [-0.2, -0.15) is 0 Å². The van der Waals surface area contributed by atoms with Crippen LogP contribution in [0.1, 0.15) is 53.9 Å².